The number of carbonyl (C=O) groups excluding carboxylic acids is 2. The van der Waals surface area contributed by atoms with Gasteiger partial charge < -0.3 is 9.88 Å². The number of hydrogen-bond acceptors (Lipinski definition) is 4. The Hall–Kier alpha value is -1.89. The third-order valence-electron chi connectivity index (χ3n) is 2.62. The van der Waals surface area contributed by atoms with Crippen LogP contribution in [0, 0.1) is 0 Å². The zero-order valence-corrected chi connectivity index (χ0v) is 8.59. The van der Waals surface area contributed by atoms with Crippen molar-refractivity contribution in [3.05, 3.63) is 18.7 Å². The van der Waals surface area contributed by atoms with E-state index in [1.807, 2.05) is 10.8 Å². The molecule has 1 saturated heterocycles. The fourth-order valence-electron chi connectivity index (χ4n) is 1.82. The number of hydrogen-bond donors (Lipinski definition) is 3. The van der Waals surface area contributed by atoms with E-state index in [1.165, 1.54) is 0 Å². The molecule has 0 bridgehead atoms. The Morgan fingerprint density at radius 3 is 3.19 bits per heavy atom. The average Bonchev–Trinajstić information content (AvgIpc) is 2.94. The Kier molecular flexibility index (Phi) is 3.16. The molecule has 1 aromatic rings. The van der Waals surface area contributed by atoms with Crippen LogP contribution in [-0.4, -0.2) is 34.5 Å². The van der Waals surface area contributed by atoms with Crippen LogP contribution in [0.4, 0.5) is 0 Å². The highest BCUT2D eigenvalue weighted by atomic mass is 16.2. The lowest BCUT2D eigenvalue weighted by molar-refractivity contribution is -0.126. The lowest BCUT2D eigenvalue weighted by Gasteiger charge is -2.11. The van der Waals surface area contributed by atoms with Gasteiger partial charge in [0.25, 0.3) is 5.91 Å². The minimum absolute atomic E-state index is 0.227. The van der Waals surface area contributed by atoms with Crippen molar-refractivity contribution in [2.75, 3.05) is 6.54 Å². The Bertz CT molecular complexity index is 364. The first-order valence-corrected chi connectivity index (χ1v) is 5.01. The lowest BCUT2D eigenvalue weighted by atomic mass is 10.1. The van der Waals surface area contributed by atoms with Gasteiger partial charge in [0.05, 0.1) is 12.4 Å². The number of imidazole rings is 1. The largest absolute Gasteiger partial charge is 0.333 e. The molecule has 16 heavy (non-hydrogen) atoms. The summed E-state index contributed by atoms with van der Waals surface area (Å²) in [5.74, 6) is -0.227. The Balaban J connectivity index is 1.88. The van der Waals surface area contributed by atoms with Gasteiger partial charge in [-0.25, -0.2) is 4.98 Å². The number of amides is 2. The van der Waals surface area contributed by atoms with Gasteiger partial charge in [0.2, 0.25) is 6.41 Å². The fourth-order valence-corrected chi connectivity index (χ4v) is 1.82. The highest BCUT2D eigenvalue weighted by molar-refractivity contribution is 5.82. The van der Waals surface area contributed by atoms with Crippen LogP contribution < -0.4 is 16.2 Å². The number of rotatable bonds is 4. The van der Waals surface area contributed by atoms with Crippen LogP contribution in [0.2, 0.25) is 0 Å². The molecular weight excluding hydrogens is 210 g/mol. The first-order chi connectivity index (χ1) is 7.81. The molecule has 0 radical (unpaired) electrons. The summed E-state index contributed by atoms with van der Waals surface area (Å²) in [6, 6.07) is -0.0469. The van der Waals surface area contributed by atoms with E-state index in [0.29, 0.717) is 12.8 Å². The number of hydrazine groups is 1. The van der Waals surface area contributed by atoms with Crippen LogP contribution in [0.15, 0.2) is 18.7 Å². The van der Waals surface area contributed by atoms with E-state index in [2.05, 4.69) is 21.2 Å². The van der Waals surface area contributed by atoms with Gasteiger partial charge in [-0.1, -0.05) is 0 Å². The molecule has 2 amide bonds. The second kappa shape index (κ2) is 4.75. The smallest absolute Gasteiger partial charge is 0.255 e. The monoisotopic (exact) mass is 223 g/mol. The Morgan fingerprint density at radius 1 is 1.62 bits per heavy atom. The van der Waals surface area contributed by atoms with Crippen molar-refractivity contribution in [2.45, 2.75) is 18.5 Å². The number of carbonyl (C=O) groups is 2. The zero-order valence-electron chi connectivity index (χ0n) is 8.59. The van der Waals surface area contributed by atoms with Gasteiger partial charge in [-0.3, -0.25) is 20.4 Å². The van der Waals surface area contributed by atoms with Crippen LogP contribution in [0.1, 0.15) is 12.5 Å². The molecule has 0 aliphatic carbocycles. The highest BCUT2D eigenvalue weighted by Crippen LogP contribution is 2.18. The molecule has 0 unspecified atom stereocenters. The summed E-state index contributed by atoms with van der Waals surface area (Å²) in [7, 11) is 0. The fraction of sp³-hybridized carbons (Fsp3) is 0.444. The normalized spacial score (nSPS) is 24.0. The molecular formula is C9H13N5O2. The molecule has 2 rings (SSSR count). The molecule has 1 aliphatic heterocycles. The summed E-state index contributed by atoms with van der Waals surface area (Å²) in [4.78, 5) is 25.5. The molecule has 1 aromatic heterocycles. The average molecular weight is 223 g/mol. The number of aromatic nitrogens is 2. The first kappa shape index (κ1) is 10.6. The molecule has 3 N–H and O–H groups in total. The standard InChI is InChI=1S/C9H13N5O2/c15-6-12-13-9(16)8-3-7(4-11-8)14-2-1-10-5-14/h1-2,5-8,11H,3-4H2,(H,12,15)(H,13,16)/t7-,8+/m0/s1. The van der Waals surface area contributed by atoms with Gasteiger partial charge >= 0.3 is 0 Å². The summed E-state index contributed by atoms with van der Waals surface area (Å²) in [6.45, 7) is 0.718. The summed E-state index contributed by atoms with van der Waals surface area (Å²) in [5, 5.41) is 3.09. The van der Waals surface area contributed by atoms with Crippen molar-refractivity contribution in [1.29, 1.82) is 0 Å². The molecule has 7 heteroatoms. The van der Waals surface area contributed by atoms with E-state index in [1.54, 1.807) is 12.5 Å². The van der Waals surface area contributed by atoms with E-state index in [4.69, 9.17) is 0 Å². The summed E-state index contributed by atoms with van der Waals surface area (Å²) >= 11 is 0. The van der Waals surface area contributed by atoms with Crippen molar-refractivity contribution in [2.24, 2.45) is 0 Å². The third kappa shape index (κ3) is 2.19. The number of nitrogens with zero attached hydrogens (tertiary/aromatic N) is 2. The predicted molar refractivity (Wildman–Crippen MR) is 55.0 cm³/mol. The predicted octanol–water partition coefficient (Wildman–Crippen LogP) is -1.44. The molecule has 0 aromatic carbocycles. The Morgan fingerprint density at radius 2 is 2.50 bits per heavy atom. The molecule has 0 saturated carbocycles. The van der Waals surface area contributed by atoms with E-state index >= 15 is 0 Å². The van der Waals surface area contributed by atoms with E-state index in [-0.39, 0.29) is 18.0 Å². The first-order valence-electron chi connectivity index (χ1n) is 5.01. The van der Waals surface area contributed by atoms with Crippen LogP contribution in [0.3, 0.4) is 0 Å². The third-order valence-corrected chi connectivity index (χ3v) is 2.62. The molecule has 7 nitrogen and oxygen atoms in total. The van der Waals surface area contributed by atoms with Crippen LogP contribution in [-0.2, 0) is 9.59 Å². The molecule has 86 valence electrons. The van der Waals surface area contributed by atoms with E-state index < -0.39 is 0 Å². The van der Waals surface area contributed by atoms with Crippen molar-refractivity contribution < 1.29 is 9.59 Å². The van der Waals surface area contributed by atoms with Gasteiger partial charge in [0, 0.05) is 25.0 Å². The minimum atomic E-state index is -0.278. The van der Waals surface area contributed by atoms with Gasteiger partial charge in [-0.05, 0) is 6.42 Å². The summed E-state index contributed by atoms with van der Waals surface area (Å²) in [5.41, 5.74) is 4.43. The van der Waals surface area contributed by atoms with Gasteiger partial charge in [-0.15, -0.1) is 0 Å². The maximum atomic E-state index is 11.5. The summed E-state index contributed by atoms with van der Waals surface area (Å²) < 4.78 is 1.97. The highest BCUT2D eigenvalue weighted by Gasteiger charge is 2.29. The molecule has 2 atom stereocenters. The van der Waals surface area contributed by atoms with Crippen LogP contribution in [0.25, 0.3) is 0 Å². The van der Waals surface area contributed by atoms with Gasteiger partial charge in [0.15, 0.2) is 0 Å². The maximum Gasteiger partial charge on any atom is 0.255 e. The molecule has 1 aliphatic rings. The van der Waals surface area contributed by atoms with Gasteiger partial charge in [0.1, 0.15) is 0 Å². The second-order valence-electron chi connectivity index (χ2n) is 3.61. The zero-order chi connectivity index (χ0) is 11.4. The quantitative estimate of drug-likeness (QED) is 0.431. The lowest BCUT2D eigenvalue weighted by Crippen LogP contribution is -2.46. The number of nitrogens with one attached hydrogen (secondary N) is 3. The van der Waals surface area contributed by atoms with Gasteiger partial charge in [-0.2, -0.15) is 0 Å². The van der Waals surface area contributed by atoms with Crippen molar-refractivity contribution in [1.82, 2.24) is 25.7 Å². The van der Waals surface area contributed by atoms with Crippen molar-refractivity contribution in [3.63, 3.8) is 0 Å². The van der Waals surface area contributed by atoms with Crippen molar-refractivity contribution in [3.8, 4) is 0 Å². The van der Waals surface area contributed by atoms with Crippen molar-refractivity contribution >= 4 is 12.3 Å². The molecule has 0 spiro atoms. The summed E-state index contributed by atoms with van der Waals surface area (Å²) in [6.07, 6.45) is 6.43. The maximum absolute atomic E-state index is 11.5. The van der Waals surface area contributed by atoms with Crippen LogP contribution in [0.5, 0.6) is 0 Å². The topological polar surface area (TPSA) is 88.1 Å². The molecule has 2 heterocycles. The second-order valence-corrected chi connectivity index (χ2v) is 3.61. The van der Waals surface area contributed by atoms with E-state index in [9.17, 15) is 9.59 Å². The Labute approximate surface area is 92.2 Å². The van der Waals surface area contributed by atoms with Crippen LogP contribution >= 0.6 is 0 Å². The minimum Gasteiger partial charge on any atom is -0.333 e. The SMILES string of the molecule is O=CNNC(=O)[C@H]1C[C@H](n2ccnc2)CN1. The van der Waals surface area contributed by atoms with E-state index in [0.717, 1.165) is 6.54 Å². The molecule has 1 fully saturated rings.